The molecule has 1 fully saturated rings. The molecule has 1 N–H and O–H groups in total. The van der Waals surface area contributed by atoms with Gasteiger partial charge in [-0.15, -0.1) is 11.3 Å². The van der Waals surface area contributed by atoms with E-state index < -0.39 is 6.04 Å². The lowest BCUT2D eigenvalue weighted by molar-refractivity contribution is -0.141. The van der Waals surface area contributed by atoms with Crippen molar-refractivity contribution in [2.75, 3.05) is 7.11 Å². The molecular formula is C27H31N3O3S. The number of ether oxygens (including phenoxy) is 1. The van der Waals surface area contributed by atoms with Gasteiger partial charge >= 0.3 is 0 Å². The van der Waals surface area contributed by atoms with E-state index in [1.165, 1.54) is 6.42 Å². The molecule has 0 radical (unpaired) electrons. The van der Waals surface area contributed by atoms with Crippen LogP contribution >= 0.6 is 11.3 Å². The standard InChI is InChI=1S/C27H31N3O3S/c1-33-22-14-12-20(13-15-22)19-30(25(31)18-23-10-7-17-34-23)26(24-11-5-6-16-28-24)27(32)29-21-8-3-2-4-9-21/h5-7,10-17,21,26H,2-4,8-9,18-19H2,1H3,(H,29,32). The fourth-order valence-electron chi connectivity index (χ4n) is 4.42. The molecule has 0 aliphatic heterocycles. The summed E-state index contributed by atoms with van der Waals surface area (Å²) in [5.41, 5.74) is 1.50. The Bertz CT molecular complexity index is 1050. The van der Waals surface area contributed by atoms with Crippen molar-refractivity contribution in [1.29, 1.82) is 0 Å². The van der Waals surface area contributed by atoms with E-state index in [0.29, 0.717) is 12.2 Å². The molecule has 1 atom stereocenters. The topological polar surface area (TPSA) is 71.5 Å². The Labute approximate surface area is 205 Å². The Hall–Kier alpha value is -3.19. The number of carbonyl (C=O) groups excluding carboxylic acids is 2. The quantitative estimate of drug-likeness (QED) is 0.475. The minimum absolute atomic E-state index is 0.104. The first-order chi connectivity index (χ1) is 16.6. The van der Waals surface area contributed by atoms with Gasteiger partial charge in [-0.05, 0) is 54.1 Å². The van der Waals surface area contributed by atoms with Crippen LogP contribution in [0.4, 0.5) is 0 Å². The molecule has 2 amide bonds. The van der Waals surface area contributed by atoms with Gasteiger partial charge in [-0.25, -0.2) is 0 Å². The van der Waals surface area contributed by atoms with Crippen molar-refractivity contribution in [1.82, 2.24) is 15.2 Å². The van der Waals surface area contributed by atoms with Crippen molar-refractivity contribution in [2.45, 2.75) is 57.2 Å². The van der Waals surface area contributed by atoms with E-state index in [1.54, 1.807) is 29.5 Å². The zero-order chi connectivity index (χ0) is 23.8. The Morgan fingerprint density at radius 1 is 1.09 bits per heavy atom. The molecule has 1 aromatic carbocycles. The fraction of sp³-hybridized carbons (Fsp3) is 0.370. The van der Waals surface area contributed by atoms with E-state index in [2.05, 4.69) is 10.3 Å². The summed E-state index contributed by atoms with van der Waals surface area (Å²) in [5.74, 6) is 0.475. The molecule has 0 bridgehead atoms. The van der Waals surface area contributed by atoms with Gasteiger partial charge in [0, 0.05) is 23.7 Å². The van der Waals surface area contributed by atoms with Crippen molar-refractivity contribution >= 4 is 23.2 Å². The second-order valence-electron chi connectivity index (χ2n) is 8.63. The summed E-state index contributed by atoms with van der Waals surface area (Å²) in [6, 6.07) is 16.3. The average molecular weight is 478 g/mol. The number of benzene rings is 1. The molecule has 4 rings (SSSR count). The first-order valence-corrected chi connectivity index (χ1v) is 12.7. The third-order valence-corrected chi connectivity index (χ3v) is 7.09. The number of carbonyl (C=O) groups is 2. The van der Waals surface area contributed by atoms with E-state index in [0.717, 1.165) is 41.9 Å². The number of nitrogens with zero attached hydrogens (tertiary/aromatic N) is 2. The Balaban J connectivity index is 1.66. The van der Waals surface area contributed by atoms with E-state index >= 15 is 0 Å². The van der Waals surface area contributed by atoms with Gasteiger partial charge < -0.3 is 15.0 Å². The lowest BCUT2D eigenvalue weighted by Crippen LogP contribution is -2.47. The van der Waals surface area contributed by atoms with Crippen molar-refractivity contribution in [3.05, 3.63) is 82.3 Å². The maximum absolute atomic E-state index is 13.7. The number of hydrogen-bond donors (Lipinski definition) is 1. The number of pyridine rings is 1. The number of rotatable bonds is 9. The maximum Gasteiger partial charge on any atom is 0.249 e. The lowest BCUT2D eigenvalue weighted by atomic mass is 9.95. The molecule has 1 saturated carbocycles. The van der Waals surface area contributed by atoms with Gasteiger partial charge in [0.05, 0.1) is 19.2 Å². The minimum Gasteiger partial charge on any atom is -0.497 e. The molecule has 2 aromatic heterocycles. The zero-order valence-corrected chi connectivity index (χ0v) is 20.3. The normalized spacial score (nSPS) is 14.9. The van der Waals surface area contributed by atoms with Crippen LogP contribution in [-0.2, 0) is 22.6 Å². The molecule has 178 valence electrons. The van der Waals surface area contributed by atoms with Gasteiger partial charge in [0.15, 0.2) is 6.04 Å². The summed E-state index contributed by atoms with van der Waals surface area (Å²) >= 11 is 1.54. The predicted octanol–water partition coefficient (Wildman–Crippen LogP) is 4.91. The van der Waals surface area contributed by atoms with Gasteiger partial charge in [0.2, 0.25) is 11.8 Å². The molecule has 1 unspecified atom stereocenters. The molecule has 34 heavy (non-hydrogen) atoms. The molecule has 6 nitrogen and oxygen atoms in total. The summed E-state index contributed by atoms with van der Waals surface area (Å²) in [6.45, 7) is 0.299. The van der Waals surface area contributed by atoms with Gasteiger partial charge in [0.1, 0.15) is 5.75 Å². The Morgan fingerprint density at radius 3 is 2.53 bits per heavy atom. The molecule has 0 spiro atoms. The molecule has 2 heterocycles. The second-order valence-corrected chi connectivity index (χ2v) is 9.66. The van der Waals surface area contributed by atoms with Crippen LogP contribution in [0.5, 0.6) is 5.75 Å². The van der Waals surface area contributed by atoms with E-state index in [9.17, 15) is 9.59 Å². The highest BCUT2D eigenvalue weighted by Gasteiger charge is 2.34. The number of methoxy groups -OCH3 is 1. The Morgan fingerprint density at radius 2 is 1.88 bits per heavy atom. The van der Waals surface area contributed by atoms with Crippen molar-refractivity contribution in [3.63, 3.8) is 0 Å². The zero-order valence-electron chi connectivity index (χ0n) is 19.5. The number of amides is 2. The van der Waals surface area contributed by atoms with Crippen LogP contribution < -0.4 is 10.1 Å². The second kappa shape index (κ2) is 11.8. The summed E-state index contributed by atoms with van der Waals surface area (Å²) in [7, 11) is 1.62. The number of thiophene rings is 1. The smallest absolute Gasteiger partial charge is 0.249 e. The third-order valence-electron chi connectivity index (χ3n) is 6.22. The Kier molecular flexibility index (Phi) is 8.31. The van der Waals surface area contributed by atoms with Gasteiger partial charge in [-0.2, -0.15) is 0 Å². The summed E-state index contributed by atoms with van der Waals surface area (Å²) in [4.78, 5) is 34.5. The van der Waals surface area contributed by atoms with Crippen LogP contribution in [0.3, 0.4) is 0 Å². The largest absolute Gasteiger partial charge is 0.497 e. The number of aromatic nitrogens is 1. The fourth-order valence-corrected chi connectivity index (χ4v) is 5.11. The van der Waals surface area contributed by atoms with E-state index in [1.807, 2.05) is 60.0 Å². The molecular weight excluding hydrogens is 446 g/mol. The molecule has 1 aliphatic rings. The van der Waals surface area contributed by atoms with Crippen molar-refractivity contribution in [2.24, 2.45) is 0 Å². The maximum atomic E-state index is 13.7. The van der Waals surface area contributed by atoms with E-state index in [-0.39, 0.29) is 24.3 Å². The molecule has 1 aliphatic carbocycles. The number of hydrogen-bond acceptors (Lipinski definition) is 5. The first-order valence-electron chi connectivity index (χ1n) is 11.8. The van der Waals surface area contributed by atoms with Crippen LogP contribution in [0.25, 0.3) is 0 Å². The van der Waals surface area contributed by atoms with Crippen LogP contribution in [0.1, 0.15) is 54.3 Å². The van der Waals surface area contributed by atoms with Gasteiger partial charge in [0.25, 0.3) is 0 Å². The van der Waals surface area contributed by atoms with Crippen LogP contribution in [0.2, 0.25) is 0 Å². The highest BCUT2D eigenvalue weighted by molar-refractivity contribution is 7.10. The summed E-state index contributed by atoms with van der Waals surface area (Å²) < 4.78 is 5.28. The summed E-state index contributed by atoms with van der Waals surface area (Å²) in [5, 5.41) is 5.19. The number of nitrogens with one attached hydrogen (secondary N) is 1. The highest BCUT2D eigenvalue weighted by Crippen LogP contribution is 2.26. The summed E-state index contributed by atoms with van der Waals surface area (Å²) in [6.07, 6.45) is 7.31. The van der Waals surface area contributed by atoms with Crippen molar-refractivity contribution < 1.29 is 14.3 Å². The van der Waals surface area contributed by atoms with E-state index in [4.69, 9.17) is 4.74 Å². The molecule has 7 heteroatoms. The third kappa shape index (κ3) is 6.23. The first kappa shape index (κ1) is 24.0. The van der Waals surface area contributed by atoms with Gasteiger partial charge in [-0.3, -0.25) is 14.6 Å². The SMILES string of the molecule is COc1ccc(CN(C(=O)Cc2cccs2)C(C(=O)NC2CCCCC2)c2ccccn2)cc1. The molecule has 3 aromatic rings. The molecule has 0 saturated heterocycles. The predicted molar refractivity (Wildman–Crippen MR) is 134 cm³/mol. The van der Waals surface area contributed by atoms with Crippen LogP contribution in [0, 0.1) is 0 Å². The minimum atomic E-state index is -0.808. The highest BCUT2D eigenvalue weighted by atomic mass is 32.1. The lowest BCUT2D eigenvalue weighted by Gasteiger charge is -2.33. The average Bonchev–Trinajstić information content (AvgIpc) is 3.38. The van der Waals surface area contributed by atoms with Gasteiger partial charge in [-0.1, -0.05) is 43.5 Å². The van der Waals surface area contributed by atoms with Crippen LogP contribution in [0.15, 0.2) is 66.2 Å². The van der Waals surface area contributed by atoms with Crippen LogP contribution in [-0.4, -0.2) is 34.8 Å². The van der Waals surface area contributed by atoms with Crippen molar-refractivity contribution in [3.8, 4) is 5.75 Å². The monoisotopic (exact) mass is 477 g/mol.